The summed E-state index contributed by atoms with van der Waals surface area (Å²) in [6.45, 7) is 6.60. The Morgan fingerprint density at radius 3 is 2.86 bits per heavy atom. The molecule has 0 saturated heterocycles. The second kappa shape index (κ2) is 7.61. The largest absolute Gasteiger partial charge is 0.488 e. The molecule has 0 saturated carbocycles. The first kappa shape index (κ1) is 16.0. The maximum absolute atomic E-state index is 6.04. The maximum Gasteiger partial charge on any atom is 0.127 e. The van der Waals surface area contributed by atoms with Crippen LogP contribution in [-0.4, -0.2) is 16.3 Å². The molecule has 4 nitrogen and oxygen atoms in total. The Hall–Kier alpha value is -1.33. The Morgan fingerprint density at radius 2 is 2.19 bits per heavy atom. The van der Waals surface area contributed by atoms with Crippen LogP contribution in [-0.2, 0) is 20.2 Å². The molecule has 21 heavy (non-hydrogen) atoms. The van der Waals surface area contributed by atoms with Crippen molar-refractivity contribution in [1.82, 2.24) is 15.1 Å². The predicted molar refractivity (Wildman–Crippen MR) is 88.4 cm³/mol. The van der Waals surface area contributed by atoms with Crippen molar-refractivity contribution in [2.45, 2.75) is 33.4 Å². The van der Waals surface area contributed by atoms with Crippen LogP contribution in [0.5, 0.6) is 5.75 Å². The van der Waals surface area contributed by atoms with E-state index < -0.39 is 0 Å². The van der Waals surface area contributed by atoms with Gasteiger partial charge in [0.05, 0.1) is 6.20 Å². The molecule has 0 atom stereocenters. The average Bonchev–Trinajstić information content (AvgIpc) is 2.83. The zero-order valence-corrected chi connectivity index (χ0v) is 14.4. The van der Waals surface area contributed by atoms with Crippen LogP contribution in [0.3, 0.4) is 0 Å². The minimum atomic E-state index is 0.539. The number of nitrogens with zero attached hydrogens (tertiary/aromatic N) is 2. The van der Waals surface area contributed by atoms with E-state index in [1.54, 1.807) is 4.68 Å². The molecule has 1 N–H and O–H groups in total. The van der Waals surface area contributed by atoms with E-state index in [1.165, 1.54) is 5.56 Å². The van der Waals surface area contributed by atoms with Gasteiger partial charge in [0.15, 0.2) is 0 Å². The van der Waals surface area contributed by atoms with Crippen LogP contribution < -0.4 is 10.1 Å². The quantitative estimate of drug-likeness (QED) is 0.775. The topological polar surface area (TPSA) is 39.1 Å². The van der Waals surface area contributed by atoms with E-state index in [9.17, 15) is 0 Å². The van der Waals surface area contributed by atoms with E-state index in [0.29, 0.717) is 6.61 Å². The predicted octanol–water partition coefficient (Wildman–Crippen LogP) is 3.57. The van der Waals surface area contributed by atoms with Crippen LogP contribution in [0.4, 0.5) is 0 Å². The lowest BCUT2D eigenvalue weighted by Gasteiger charge is -2.15. The van der Waals surface area contributed by atoms with Gasteiger partial charge in [0.2, 0.25) is 0 Å². The molecule has 1 aromatic heterocycles. The summed E-state index contributed by atoms with van der Waals surface area (Å²) in [5, 5.41) is 7.60. The van der Waals surface area contributed by atoms with Crippen molar-refractivity contribution in [3.8, 4) is 5.75 Å². The molecular weight excluding hydrogens is 330 g/mol. The van der Waals surface area contributed by atoms with Crippen molar-refractivity contribution in [3.63, 3.8) is 0 Å². The Bertz CT molecular complexity index is 595. The second-order valence-electron chi connectivity index (χ2n) is 5.20. The Labute approximate surface area is 134 Å². The highest BCUT2D eigenvalue weighted by Gasteiger charge is 2.10. The molecule has 0 bridgehead atoms. The first-order valence-electron chi connectivity index (χ1n) is 7.20. The van der Waals surface area contributed by atoms with Gasteiger partial charge in [-0.2, -0.15) is 5.10 Å². The van der Waals surface area contributed by atoms with Crippen molar-refractivity contribution in [3.05, 3.63) is 45.7 Å². The third-order valence-electron chi connectivity index (χ3n) is 3.20. The molecule has 0 aliphatic carbocycles. The summed E-state index contributed by atoms with van der Waals surface area (Å²) >= 11 is 3.56. The number of hydrogen-bond acceptors (Lipinski definition) is 3. The number of benzene rings is 1. The summed E-state index contributed by atoms with van der Waals surface area (Å²) in [5.41, 5.74) is 3.40. The fourth-order valence-electron chi connectivity index (χ4n) is 2.24. The van der Waals surface area contributed by atoms with Crippen molar-refractivity contribution in [1.29, 1.82) is 0 Å². The van der Waals surface area contributed by atoms with Crippen LogP contribution in [0.1, 0.15) is 30.0 Å². The molecular formula is C16H22BrN3O. The Balaban J connectivity index is 2.12. The van der Waals surface area contributed by atoms with E-state index in [0.717, 1.165) is 40.9 Å². The highest BCUT2D eigenvalue weighted by Crippen LogP contribution is 2.28. The van der Waals surface area contributed by atoms with Gasteiger partial charge in [-0.05, 0) is 37.6 Å². The molecule has 0 spiro atoms. The monoisotopic (exact) mass is 351 g/mol. The van der Waals surface area contributed by atoms with Gasteiger partial charge in [-0.1, -0.05) is 22.9 Å². The lowest BCUT2D eigenvalue weighted by atomic mass is 10.1. The molecule has 2 aromatic rings. The number of aromatic nitrogens is 2. The minimum Gasteiger partial charge on any atom is -0.488 e. The van der Waals surface area contributed by atoms with Crippen molar-refractivity contribution in [2.75, 3.05) is 6.54 Å². The SMILES string of the molecule is CCCNCc1cc(Br)cc(C)c1OCc1cnn(C)c1. The van der Waals surface area contributed by atoms with E-state index >= 15 is 0 Å². The van der Waals surface area contributed by atoms with Gasteiger partial charge < -0.3 is 10.1 Å². The number of nitrogens with one attached hydrogen (secondary N) is 1. The lowest BCUT2D eigenvalue weighted by molar-refractivity contribution is 0.300. The van der Waals surface area contributed by atoms with Gasteiger partial charge in [-0.3, -0.25) is 4.68 Å². The molecule has 114 valence electrons. The maximum atomic E-state index is 6.04. The van der Waals surface area contributed by atoms with Crippen LogP contribution in [0, 0.1) is 6.92 Å². The Morgan fingerprint density at radius 1 is 1.38 bits per heavy atom. The zero-order valence-electron chi connectivity index (χ0n) is 12.8. The second-order valence-corrected chi connectivity index (χ2v) is 6.11. The fourth-order valence-corrected chi connectivity index (χ4v) is 2.86. The van der Waals surface area contributed by atoms with Gasteiger partial charge in [0.1, 0.15) is 12.4 Å². The number of aryl methyl sites for hydroxylation is 2. The number of halogens is 1. The molecule has 1 aromatic carbocycles. The Kier molecular flexibility index (Phi) is 5.82. The van der Waals surface area contributed by atoms with Gasteiger partial charge >= 0.3 is 0 Å². The highest BCUT2D eigenvalue weighted by molar-refractivity contribution is 9.10. The third kappa shape index (κ3) is 4.58. The van der Waals surface area contributed by atoms with E-state index in [2.05, 4.69) is 52.3 Å². The number of ether oxygens (including phenoxy) is 1. The lowest BCUT2D eigenvalue weighted by Crippen LogP contribution is -2.15. The van der Waals surface area contributed by atoms with Crippen LogP contribution in [0.25, 0.3) is 0 Å². The van der Waals surface area contributed by atoms with Crippen LogP contribution >= 0.6 is 15.9 Å². The summed E-state index contributed by atoms with van der Waals surface area (Å²) in [4.78, 5) is 0. The molecule has 0 amide bonds. The molecule has 0 aliphatic heterocycles. The smallest absolute Gasteiger partial charge is 0.127 e. The van der Waals surface area contributed by atoms with Crippen molar-refractivity contribution in [2.24, 2.45) is 7.05 Å². The molecule has 0 radical (unpaired) electrons. The van der Waals surface area contributed by atoms with Crippen molar-refractivity contribution < 1.29 is 4.74 Å². The standard InChI is InChI=1S/C16H22BrN3O/c1-4-5-18-9-14-7-15(17)6-12(2)16(14)21-11-13-8-19-20(3)10-13/h6-8,10,18H,4-5,9,11H2,1-3H3. The summed E-state index contributed by atoms with van der Waals surface area (Å²) in [5.74, 6) is 0.964. The normalized spacial score (nSPS) is 10.9. The molecule has 1 heterocycles. The van der Waals surface area contributed by atoms with Gasteiger partial charge in [-0.25, -0.2) is 0 Å². The third-order valence-corrected chi connectivity index (χ3v) is 3.66. The van der Waals surface area contributed by atoms with E-state index in [-0.39, 0.29) is 0 Å². The molecule has 5 heteroatoms. The molecule has 0 aliphatic rings. The summed E-state index contributed by atoms with van der Waals surface area (Å²) in [7, 11) is 1.91. The average molecular weight is 352 g/mol. The van der Waals surface area contributed by atoms with Crippen LogP contribution in [0.2, 0.25) is 0 Å². The number of hydrogen-bond donors (Lipinski definition) is 1. The molecule has 0 fully saturated rings. The highest BCUT2D eigenvalue weighted by atomic mass is 79.9. The summed E-state index contributed by atoms with van der Waals surface area (Å²) in [6, 6.07) is 4.20. The van der Waals surface area contributed by atoms with Crippen molar-refractivity contribution >= 4 is 15.9 Å². The fraction of sp³-hybridized carbons (Fsp3) is 0.438. The molecule has 0 unspecified atom stereocenters. The van der Waals surface area contributed by atoms with Gasteiger partial charge in [0.25, 0.3) is 0 Å². The zero-order chi connectivity index (χ0) is 15.2. The van der Waals surface area contributed by atoms with Crippen LogP contribution in [0.15, 0.2) is 29.0 Å². The first-order chi connectivity index (χ1) is 10.1. The molecule has 2 rings (SSSR count). The van der Waals surface area contributed by atoms with Gasteiger partial charge in [0, 0.05) is 35.4 Å². The summed E-state index contributed by atoms with van der Waals surface area (Å²) in [6.07, 6.45) is 4.94. The van der Waals surface area contributed by atoms with E-state index in [4.69, 9.17) is 4.74 Å². The van der Waals surface area contributed by atoms with E-state index in [1.807, 2.05) is 19.4 Å². The minimum absolute atomic E-state index is 0.539. The first-order valence-corrected chi connectivity index (χ1v) is 7.99. The number of rotatable bonds is 7. The van der Waals surface area contributed by atoms with Gasteiger partial charge in [-0.15, -0.1) is 0 Å². The summed E-state index contributed by atoms with van der Waals surface area (Å²) < 4.78 is 8.91.